The number of hydrogen-bond acceptors (Lipinski definition) is 1. The molecule has 11 heavy (non-hydrogen) atoms. The first-order chi connectivity index (χ1) is 4.06. The molecule has 2 N–H and O–H groups in total. The molecule has 0 spiro atoms. The minimum absolute atomic E-state index is 0. The Morgan fingerprint density at radius 2 is 1.64 bits per heavy atom. The Bertz CT molecular complexity index is 114. The second-order valence-electron chi connectivity index (χ2n) is 2.10. The van der Waals surface area contributed by atoms with Crippen molar-refractivity contribution in [3.63, 3.8) is 0 Å². The van der Waals surface area contributed by atoms with Gasteiger partial charge in [0.05, 0.1) is 0 Å². The van der Waals surface area contributed by atoms with Crippen LogP contribution < -0.4 is 0 Å². The van der Waals surface area contributed by atoms with E-state index in [0.29, 0.717) is 6.42 Å². The van der Waals surface area contributed by atoms with Crippen molar-refractivity contribution in [3.05, 3.63) is 0 Å². The molecular weight excluding hydrogens is 185 g/mol. The van der Waals surface area contributed by atoms with Gasteiger partial charge in [-0.05, 0) is 6.42 Å². The molecule has 0 atom stereocenters. The third-order valence-corrected chi connectivity index (χ3v) is 1.95. The summed E-state index contributed by atoms with van der Waals surface area (Å²) in [6, 6.07) is 0. The molecular formula is C5H15Na2O3P. The SMILES string of the molecule is CCCCCP(=O)(O)O.[NaH].[NaH]. The van der Waals surface area contributed by atoms with Gasteiger partial charge in [0.15, 0.2) is 0 Å². The minimum atomic E-state index is -3.70. The summed E-state index contributed by atoms with van der Waals surface area (Å²) >= 11 is 0. The van der Waals surface area contributed by atoms with Crippen molar-refractivity contribution < 1.29 is 14.4 Å². The van der Waals surface area contributed by atoms with Crippen molar-refractivity contribution in [3.8, 4) is 0 Å². The molecule has 0 aromatic heterocycles. The first kappa shape index (κ1) is 18.8. The maximum absolute atomic E-state index is 10.2. The summed E-state index contributed by atoms with van der Waals surface area (Å²) in [5, 5.41) is 0. The molecule has 0 aliphatic rings. The number of hydrogen-bond donors (Lipinski definition) is 2. The molecule has 0 bridgehead atoms. The summed E-state index contributed by atoms with van der Waals surface area (Å²) < 4.78 is 10.2. The molecule has 0 aromatic rings. The maximum atomic E-state index is 10.2. The Morgan fingerprint density at radius 1 is 1.18 bits per heavy atom. The quantitative estimate of drug-likeness (QED) is 0.383. The Hall–Kier alpha value is 2.15. The van der Waals surface area contributed by atoms with Gasteiger partial charge in [0.2, 0.25) is 0 Å². The van der Waals surface area contributed by atoms with Gasteiger partial charge in [-0.1, -0.05) is 19.8 Å². The fraction of sp³-hybridized carbons (Fsp3) is 1.00. The summed E-state index contributed by atoms with van der Waals surface area (Å²) in [5.41, 5.74) is 0. The van der Waals surface area contributed by atoms with Gasteiger partial charge in [-0.3, -0.25) is 4.57 Å². The average Bonchev–Trinajstić information content (AvgIpc) is 1.63. The molecule has 0 aliphatic carbocycles. The molecule has 0 amide bonds. The van der Waals surface area contributed by atoms with Gasteiger partial charge in [0.1, 0.15) is 0 Å². The van der Waals surface area contributed by atoms with Crippen LogP contribution in [0.2, 0.25) is 0 Å². The van der Waals surface area contributed by atoms with E-state index in [1.165, 1.54) is 0 Å². The van der Waals surface area contributed by atoms with Crippen LogP contribution in [0.5, 0.6) is 0 Å². The van der Waals surface area contributed by atoms with E-state index in [1.54, 1.807) is 0 Å². The van der Waals surface area contributed by atoms with Gasteiger partial charge >= 0.3 is 66.7 Å². The zero-order chi connectivity index (χ0) is 7.33. The molecule has 3 nitrogen and oxygen atoms in total. The molecule has 60 valence electrons. The van der Waals surface area contributed by atoms with Gasteiger partial charge in [-0.25, -0.2) is 0 Å². The zero-order valence-corrected chi connectivity index (χ0v) is 6.47. The van der Waals surface area contributed by atoms with Crippen LogP contribution in [0.25, 0.3) is 0 Å². The van der Waals surface area contributed by atoms with Crippen LogP contribution in [0.15, 0.2) is 0 Å². The van der Waals surface area contributed by atoms with Crippen molar-refractivity contribution in [2.45, 2.75) is 26.2 Å². The monoisotopic (exact) mass is 200 g/mol. The molecule has 0 radical (unpaired) electrons. The molecule has 0 unspecified atom stereocenters. The van der Waals surface area contributed by atoms with Crippen LogP contribution in [-0.4, -0.2) is 75.1 Å². The Balaban J connectivity index is -0.000000320. The topological polar surface area (TPSA) is 57.5 Å². The summed E-state index contributed by atoms with van der Waals surface area (Å²) in [6.07, 6.45) is 2.59. The zero-order valence-electron chi connectivity index (χ0n) is 5.58. The molecule has 0 heterocycles. The van der Waals surface area contributed by atoms with Crippen LogP contribution in [-0.2, 0) is 4.57 Å². The summed E-state index contributed by atoms with van der Waals surface area (Å²) in [4.78, 5) is 16.7. The van der Waals surface area contributed by atoms with Crippen LogP contribution in [0.4, 0.5) is 0 Å². The van der Waals surface area contributed by atoms with E-state index in [-0.39, 0.29) is 65.3 Å². The van der Waals surface area contributed by atoms with E-state index in [2.05, 4.69) is 0 Å². The van der Waals surface area contributed by atoms with Crippen LogP contribution in [0.3, 0.4) is 0 Å². The molecule has 0 aliphatic heterocycles. The van der Waals surface area contributed by atoms with Crippen LogP contribution in [0, 0.1) is 0 Å². The average molecular weight is 200 g/mol. The molecule has 0 saturated carbocycles. The Labute approximate surface area is 112 Å². The van der Waals surface area contributed by atoms with Crippen LogP contribution in [0.1, 0.15) is 26.2 Å². The predicted molar refractivity (Wildman–Crippen MR) is 50.7 cm³/mol. The number of unbranched alkanes of at least 4 members (excludes halogenated alkanes) is 2. The van der Waals surface area contributed by atoms with E-state index in [4.69, 9.17) is 9.79 Å². The van der Waals surface area contributed by atoms with Crippen molar-refractivity contribution in [1.29, 1.82) is 0 Å². The summed E-state index contributed by atoms with van der Waals surface area (Å²) in [5.74, 6) is 0. The van der Waals surface area contributed by atoms with Gasteiger partial charge < -0.3 is 9.79 Å². The molecule has 0 aromatic carbocycles. The standard InChI is InChI=1S/C5H13O3P.2Na.2H/c1-2-3-4-5-9(6,7)8;;;;/h2-5H2,1H3,(H2,6,7,8);;;;. The van der Waals surface area contributed by atoms with Crippen LogP contribution >= 0.6 is 7.60 Å². The van der Waals surface area contributed by atoms with E-state index in [1.807, 2.05) is 6.92 Å². The predicted octanol–water partition coefficient (Wildman–Crippen LogP) is 0.0573. The van der Waals surface area contributed by atoms with Gasteiger partial charge in [-0.2, -0.15) is 0 Å². The summed E-state index contributed by atoms with van der Waals surface area (Å²) in [7, 11) is -3.70. The van der Waals surface area contributed by atoms with Crippen molar-refractivity contribution in [2.75, 3.05) is 6.16 Å². The third-order valence-electron chi connectivity index (χ3n) is 1.05. The van der Waals surface area contributed by atoms with Crippen molar-refractivity contribution >= 4 is 66.7 Å². The molecule has 0 saturated heterocycles. The molecule has 0 rings (SSSR count). The van der Waals surface area contributed by atoms with E-state index in [0.717, 1.165) is 12.8 Å². The van der Waals surface area contributed by atoms with E-state index >= 15 is 0 Å². The van der Waals surface area contributed by atoms with Gasteiger partial charge in [0.25, 0.3) is 0 Å². The summed E-state index contributed by atoms with van der Waals surface area (Å²) in [6.45, 7) is 2.00. The normalized spacial score (nSPS) is 9.73. The first-order valence-electron chi connectivity index (χ1n) is 3.11. The second kappa shape index (κ2) is 10.2. The fourth-order valence-corrected chi connectivity index (χ4v) is 1.20. The molecule has 6 heteroatoms. The Morgan fingerprint density at radius 3 is 1.91 bits per heavy atom. The van der Waals surface area contributed by atoms with Crippen molar-refractivity contribution in [1.82, 2.24) is 0 Å². The number of rotatable bonds is 4. The molecule has 0 fully saturated rings. The first-order valence-corrected chi connectivity index (χ1v) is 4.90. The van der Waals surface area contributed by atoms with E-state index in [9.17, 15) is 4.57 Å². The van der Waals surface area contributed by atoms with Gasteiger partial charge in [-0.15, -0.1) is 0 Å². The Kier molecular flexibility index (Phi) is 17.5. The second-order valence-corrected chi connectivity index (χ2v) is 3.87. The van der Waals surface area contributed by atoms with Crippen molar-refractivity contribution in [2.24, 2.45) is 0 Å². The third kappa shape index (κ3) is 18.8. The van der Waals surface area contributed by atoms with E-state index < -0.39 is 7.60 Å². The fourth-order valence-electron chi connectivity index (χ4n) is 0.568. The van der Waals surface area contributed by atoms with Gasteiger partial charge in [0, 0.05) is 6.16 Å².